The van der Waals surface area contributed by atoms with Gasteiger partial charge in [-0.2, -0.15) is 0 Å². The largest absolute Gasteiger partial charge is 0.314 e. The second kappa shape index (κ2) is 6.23. The second-order valence-corrected chi connectivity index (χ2v) is 7.42. The average Bonchev–Trinajstić information content (AvgIpc) is 2.27. The molecule has 0 aromatic rings. The minimum absolute atomic E-state index is 0.541. The molecular formula is C17H31N. The van der Waals surface area contributed by atoms with E-state index in [2.05, 4.69) is 32.2 Å². The van der Waals surface area contributed by atoms with Crippen LogP contribution >= 0.6 is 0 Å². The van der Waals surface area contributed by atoms with Crippen molar-refractivity contribution in [1.29, 1.82) is 0 Å². The van der Waals surface area contributed by atoms with Gasteiger partial charge in [0, 0.05) is 6.04 Å². The molecule has 104 valence electrons. The zero-order valence-electron chi connectivity index (χ0n) is 12.6. The van der Waals surface area contributed by atoms with E-state index in [-0.39, 0.29) is 0 Å². The molecule has 2 unspecified atom stereocenters. The fraction of sp³-hybridized carbons (Fsp3) is 0.882. The molecule has 0 amide bonds. The summed E-state index contributed by atoms with van der Waals surface area (Å²) < 4.78 is 0. The van der Waals surface area contributed by atoms with Crippen molar-refractivity contribution in [2.45, 2.75) is 78.2 Å². The summed E-state index contributed by atoms with van der Waals surface area (Å²) in [6.45, 7) is 8.47. The van der Waals surface area contributed by atoms with Gasteiger partial charge < -0.3 is 5.32 Å². The number of allylic oxidation sites excluding steroid dienone is 1. The SMILES string of the molecule is CC1CC(NCCC2=CCCCC2)CC(C)(C)C1. The Labute approximate surface area is 113 Å². The van der Waals surface area contributed by atoms with Gasteiger partial charge in [0.1, 0.15) is 0 Å². The van der Waals surface area contributed by atoms with Gasteiger partial charge in [-0.1, -0.05) is 32.4 Å². The lowest BCUT2D eigenvalue weighted by Crippen LogP contribution is -2.40. The summed E-state index contributed by atoms with van der Waals surface area (Å²) in [5, 5.41) is 3.81. The highest BCUT2D eigenvalue weighted by atomic mass is 14.9. The highest BCUT2D eigenvalue weighted by Gasteiger charge is 2.31. The van der Waals surface area contributed by atoms with Crippen LogP contribution in [0.1, 0.15) is 72.1 Å². The number of hydrogen-bond acceptors (Lipinski definition) is 1. The highest BCUT2D eigenvalue weighted by molar-refractivity contribution is 5.05. The molecule has 0 spiro atoms. The van der Waals surface area contributed by atoms with Gasteiger partial charge in [-0.25, -0.2) is 0 Å². The van der Waals surface area contributed by atoms with Crippen molar-refractivity contribution in [3.8, 4) is 0 Å². The molecule has 1 heteroatoms. The third-order valence-electron chi connectivity index (χ3n) is 4.65. The first-order valence-electron chi connectivity index (χ1n) is 7.96. The van der Waals surface area contributed by atoms with E-state index in [4.69, 9.17) is 0 Å². The summed E-state index contributed by atoms with van der Waals surface area (Å²) in [6, 6.07) is 0.757. The van der Waals surface area contributed by atoms with E-state index in [1.165, 1.54) is 57.9 Å². The Balaban J connectivity index is 1.71. The van der Waals surface area contributed by atoms with E-state index in [0.717, 1.165) is 12.0 Å². The summed E-state index contributed by atoms with van der Waals surface area (Å²) >= 11 is 0. The van der Waals surface area contributed by atoms with Crippen molar-refractivity contribution in [2.75, 3.05) is 6.54 Å². The molecule has 0 saturated heterocycles. The first-order valence-corrected chi connectivity index (χ1v) is 7.96. The smallest absolute Gasteiger partial charge is 0.00748 e. The van der Waals surface area contributed by atoms with Gasteiger partial charge >= 0.3 is 0 Å². The van der Waals surface area contributed by atoms with E-state index in [1.54, 1.807) is 5.57 Å². The Morgan fingerprint density at radius 3 is 2.78 bits per heavy atom. The zero-order valence-corrected chi connectivity index (χ0v) is 12.6. The van der Waals surface area contributed by atoms with Crippen LogP contribution < -0.4 is 5.32 Å². The monoisotopic (exact) mass is 249 g/mol. The molecule has 0 aliphatic heterocycles. The lowest BCUT2D eigenvalue weighted by Gasteiger charge is -2.39. The Hall–Kier alpha value is -0.300. The normalized spacial score (nSPS) is 32.1. The molecule has 2 atom stereocenters. The lowest BCUT2D eigenvalue weighted by molar-refractivity contribution is 0.152. The Bertz CT molecular complexity index is 290. The van der Waals surface area contributed by atoms with Crippen molar-refractivity contribution in [2.24, 2.45) is 11.3 Å². The van der Waals surface area contributed by atoms with Crippen LogP contribution in [0, 0.1) is 11.3 Å². The van der Waals surface area contributed by atoms with Crippen molar-refractivity contribution in [3.05, 3.63) is 11.6 Å². The van der Waals surface area contributed by atoms with Crippen LogP contribution in [-0.4, -0.2) is 12.6 Å². The molecule has 1 fully saturated rings. The molecular weight excluding hydrogens is 218 g/mol. The summed E-state index contributed by atoms with van der Waals surface area (Å²) in [4.78, 5) is 0. The Morgan fingerprint density at radius 1 is 1.28 bits per heavy atom. The minimum atomic E-state index is 0.541. The number of hydrogen-bond donors (Lipinski definition) is 1. The van der Waals surface area contributed by atoms with Crippen LogP contribution in [0.4, 0.5) is 0 Å². The van der Waals surface area contributed by atoms with Crippen LogP contribution in [-0.2, 0) is 0 Å². The van der Waals surface area contributed by atoms with E-state index in [0.29, 0.717) is 5.41 Å². The zero-order chi connectivity index (χ0) is 13.0. The summed E-state index contributed by atoms with van der Waals surface area (Å²) in [5.41, 5.74) is 2.25. The lowest BCUT2D eigenvalue weighted by atomic mass is 9.70. The Kier molecular flexibility index (Phi) is 4.89. The molecule has 2 aliphatic carbocycles. The Morgan fingerprint density at radius 2 is 2.11 bits per heavy atom. The van der Waals surface area contributed by atoms with Crippen LogP contribution in [0.3, 0.4) is 0 Å². The average molecular weight is 249 g/mol. The molecule has 0 heterocycles. The van der Waals surface area contributed by atoms with Crippen LogP contribution in [0.15, 0.2) is 11.6 Å². The minimum Gasteiger partial charge on any atom is -0.314 e. The molecule has 0 aromatic carbocycles. The van der Waals surface area contributed by atoms with Crippen molar-refractivity contribution in [1.82, 2.24) is 5.32 Å². The van der Waals surface area contributed by atoms with Crippen LogP contribution in [0.25, 0.3) is 0 Å². The quantitative estimate of drug-likeness (QED) is 0.713. The van der Waals surface area contributed by atoms with Gasteiger partial charge in [0.25, 0.3) is 0 Å². The maximum atomic E-state index is 3.81. The summed E-state index contributed by atoms with van der Waals surface area (Å²) in [7, 11) is 0. The molecule has 1 saturated carbocycles. The topological polar surface area (TPSA) is 12.0 Å². The van der Waals surface area contributed by atoms with Crippen molar-refractivity contribution >= 4 is 0 Å². The molecule has 0 aromatic heterocycles. The number of rotatable bonds is 4. The van der Waals surface area contributed by atoms with Crippen LogP contribution in [0.2, 0.25) is 0 Å². The van der Waals surface area contributed by atoms with Gasteiger partial charge in [-0.3, -0.25) is 0 Å². The molecule has 1 nitrogen and oxygen atoms in total. The standard InChI is InChI=1S/C17H31N/c1-14-11-16(13-17(2,3)12-14)18-10-9-15-7-5-4-6-8-15/h7,14,16,18H,4-6,8-13H2,1-3H3. The first kappa shape index (κ1) is 14.1. The van der Waals surface area contributed by atoms with Gasteiger partial charge in [0.15, 0.2) is 0 Å². The predicted octanol–water partition coefficient (Wildman–Crippen LogP) is 4.68. The molecule has 1 N–H and O–H groups in total. The third kappa shape index (κ3) is 4.42. The first-order chi connectivity index (χ1) is 8.55. The van der Waals surface area contributed by atoms with Gasteiger partial charge in [-0.15, -0.1) is 0 Å². The van der Waals surface area contributed by atoms with Gasteiger partial charge in [0.2, 0.25) is 0 Å². The van der Waals surface area contributed by atoms with Crippen molar-refractivity contribution < 1.29 is 0 Å². The van der Waals surface area contributed by atoms with Crippen molar-refractivity contribution in [3.63, 3.8) is 0 Å². The van der Waals surface area contributed by atoms with E-state index < -0.39 is 0 Å². The van der Waals surface area contributed by atoms with Crippen LogP contribution in [0.5, 0.6) is 0 Å². The molecule has 0 bridgehead atoms. The maximum absolute atomic E-state index is 3.81. The molecule has 2 rings (SSSR count). The van der Waals surface area contributed by atoms with E-state index in [1.807, 2.05) is 0 Å². The fourth-order valence-electron chi connectivity index (χ4n) is 4.07. The summed E-state index contributed by atoms with van der Waals surface area (Å²) in [5.74, 6) is 0.889. The van der Waals surface area contributed by atoms with Gasteiger partial charge in [0.05, 0.1) is 0 Å². The molecule has 18 heavy (non-hydrogen) atoms. The molecule has 0 radical (unpaired) electrons. The van der Waals surface area contributed by atoms with E-state index in [9.17, 15) is 0 Å². The van der Waals surface area contributed by atoms with E-state index >= 15 is 0 Å². The fourth-order valence-corrected chi connectivity index (χ4v) is 4.07. The summed E-state index contributed by atoms with van der Waals surface area (Å²) in [6.07, 6.45) is 13.4. The second-order valence-electron chi connectivity index (χ2n) is 7.42. The maximum Gasteiger partial charge on any atom is 0.00748 e. The molecule has 2 aliphatic rings. The predicted molar refractivity (Wildman–Crippen MR) is 79.8 cm³/mol. The number of nitrogens with one attached hydrogen (secondary N) is 1. The third-order valence-corrected chi connectivity index (χ3v) is 4.65. The highest BCUT2D eigenvalue weighted by Crippen LogP contribution is 2.38. The van der Waals surface area contributed by atoms with Gasteiger partial charge in [-0.05, 0) is 69.2 Å².